The SMILES string of the molecule is CN[C@@H](C(=O)C(=O)NN=O)[C@@H](O)[C@H](O)[C@H](O)CO. The van der Waals surface area contributed by atoms with Gasteiger partial charge in [0.05, 0.1) is 11.9 Å². The van der Waals surface area contributed by atoms with Crippen molar-refractivity contribution in [3.63, 3.8) is 0 Å². The third kappa shape index (κ3) is 4.09. The van der Waals surface area contributed by atoms with E-state index in [1.165, 1.54) is 12.5 Å². The molecule has 0 spiro atoms. The maximum Gasteiger partial charge on any atom is 0.311 e. The Hall–Kier alpha value is -1.46. The van der Waals surface area contributed by atoms with Crippen molar-refractivity contribution in [2.45, 2.75) is 24.4 Å². The molecule has 0 aromatic heterocycles. The third-order valence-corrected chi connectivity index (χ3v) is 2.24. The fraction of sp³-hybridized carbons (Fsp3) is 0.750. The van der Waals surface area contributed by atoms with Crippen LogP contribution >= 0.6 is 0 Å². The summed E-state index contributed by atoms with van der Waals surface area (Å²) in [6.45, 7) is -0.842. The number of hydrogen-bond acceptors (Lipinski definition) is 9. The molecule has 0 saturated heterocycles. The lowest BCUT2D eigenvalue weighted by molar-refractivity contribution is -0.144. The first kappa shape index (κ1) is 16.5. The van der Waals surface area contributed by atoms with Crippen molar-refractivity contribution in [2.75, 3.05) is 13.7 Å². The summed E-state index contributed by atoms with van der Waals surface area (Å²) < 4.78 is 0. The monoisotopic (exact) mass is 265 g/mol. The molecule has 0 fully saturated rings. The smallest absolute Gasteiger partial charge is 0.311 e. The minimum atomic E-state index is -1.86. The summed E-state index contributed by atoms with van der Waals surface area (Å²) in [6.07, 6.45) is -5.40. The highest BCUT2D eigenvalue weighted by Crippen LogP contribution is 2.06. The summed E-state index contributed by atoms with van der Waals surface area (Å²) in [5, 5.41) is 40.9. The van der Waals surface area contributed by atoms with Gasteiger partial charge in [-0.05, 0) is 7.05 Å². The Morgan fingerprint density at radius 3 is 2.17 bits per heavy atom. The predicted molar refractivity (Wildman–Crippen MR) is 56.9 cm³/mol. The molecule has 0 unspecified atom stereocenters. The predicted octanol–water partition coefficient (Wildman–Crippen LogP) is -3.98. The first-order valence-electron chi connectivity index (χ1n) is 4.89. The van der Waals surface area contributed by atoms with Crippen LogP contribution in [0.5, 0.6) is 0 Å². The molecule has 0 rings (SSSR count). The van der Waals surface area contributed by atoms with E-state index >= 15 is 0 Å². The molecule has 104 valence electrons. The molecule has 6 N–H and O–H groups in total. The van der Waals surface area contributed by atoms with E-state index in [0.717, 1.165) is 0 Å². The Bertz CT molecular complexity index is 311. The van der Waals surface area contributed by atoms with E-state index in [9.17, 15) is 24.7 Å². The van der Waals surface area contributed by atoms with Crippen LogP contribution in [0.1, 0.15) is 0 Å². The summed E-state index contributed by atoms with van der Waals surface area (Å²) in [7, 11) is 1.21. The topological polar surface area (TPSA) is 169 Å². The number of Topliss-reactive ketones (excluding diaryl/α,β-unsaturated/α-hetero) is 1. The van der Waals surface area contributed by atoms with E-state index in [1.54, 1.807) is 0 Å². The quantitative estimate of drug-likeness (QED) is 0.147. The van der Waals surface area contributed by atoms with E-state index in [1.807, 2.05) is 5.29 Å². The summed E-state index contributed by atoms with van der Waals surface area (Å²) in [5.41, 5.74) is 1.33. The van der Waals surface area contributed by atoms with Gasteiger partial charge >= 0.3 is 5.91 Å². The molecular formula is C8H15N3O7. The fourth-order valence-corrected chi connectivity index (χ4v) is 1.23. The number of nitrogens with zero attached hydrogens (tertiary/aromatic N) is 1. The van der Waals surface area contributed by atoms with Crippen LogP contribution < -0.4 is 10.7 Å². The molecule has 1 amide bonds. The summed E-state index contributed by atoms with van der Waals surface area (Å²) >= 11 is 0. The minimum Gasteiger partial charge on any atom is -0.394 e. The highest BCUT2D eigenvalue weighted by molar-refractivity contribution is 6.38. The second-order valence-corrected chi connectivity index (χ2v) is 3.39. The van der Waals surface area contributed by atoms with Crippen molar-refractivity contribution in [3.05, 3.63) is 4.91 Å². The van der Waals surface area contributed by atoms with E-state index in [-0.39, 0.29) is 0 Å². The van der Waals surface area contributed by atoms with Gasteiger partial charge in [0, 0.05) is 0 Å². The zero-order valence-corrected chi connectivity index (χ0v) is 9.48. The van der Waals surface area contributed by atoms with Gasteiger partial charge in [0.15, 0.2) is 0 Å². The average molecular weight is 265 g/mol. The van der Waals surface area contributed by atoms with E-state index in [4.69, 9.17) is 10.2 Å². The molecule has 0 radical (unpaired) electrons. The molecule has 0 saturated carbocycles. The molecule has 0 aliphatic heterocycles. The van der Waals surface area contributed by atoms with Gasteiger partial charge in [-0.1, -0.05) is 0 Å². The Labute approximate surface area is 102 Å². The van der Waals surface area contributed by atoms with Crippen LogP contribution in [0.3, 0.4) is 0 Å². The number of nitrogens with one attached hydrogen (secondary N) is 2. The minimum absolute atomic E-state index is 0.842. The standard InChI is InChI=1S/C8H15N3O7/c1-9-4(7(16)8(17)10-11-18)6(15)5(14)3(13)2-12/h3-6,9,12-15H,2H2,1H3,(H,10,17,18)/t3-,4-,5-,6-/m1/s1. The average Bonchev–Trinajstić information content (AvgIpc) is 2.37. The van der Waals surface area contributed by atoms with Crippen molar-refractivity contribution in [1.82, 2.24) is 10.7 Å². The van der Waals surface area contributed by atoms with E-state index in [0.29, 0.717) is 0 Å². The number of carbonyl (C=O) groups excluding carboxylic acids is 2. The van der Waals surface area contributed by atoms with Crippen molar-refractivity contribution in [1.29, 1.82) is 0 Å². The number of ketones is 1. The van der Waals surface area contributed by atoms with Gasteiger partial charge in [-0.2, -0.15) is 0 Å². The van der Waals surface area contributed by atoms with E-state index in [2.05, 4.69) is 5.32 Å². The van der Waals surface area contributed by atoms with Gasteiger partial charge < -0.3 is 25.7 Å². The van der Waals surface area contributed by atoms with Crippen molar-refractivity contribution in [2.24, 2.45) is 5.29 Å². The van der Waals surface area contributed by atoms with Gasteiger partial charge in [-0.15, -0.1) is 4.91 Å². The molecule has 0 aromatic rings. The zero-order chi connectivity index (χ0) is 14.3. The first-order valence-corrected chi connectivity index (χ1v) is 4.89. The Morgan fingerprint density at radius 2 is 1.78 bits per heavy atom. The number of hydrogen-bond donors (Lipinski definition) is 6. The largest absolute Gasteiger partial charge is 0.394 e. The lowest BCUT2D eigenvalue weighted by Crippen LogP contribution is -2.56. The number of nitroso groups, excluding NO2 is 1. The maximum atomic E-state index is 11.4. The Kier molecular flexibility index (Phi) is 7.16. The van der Waals surface area contributed by atoms with Gasteiger partial charge in [0.2, 0.25) is 5.78 Å². The lowest BCUT2D eigenvalue weighted by atomic mass is 9.98. The lowest BCUT2D eigenvalue weighted by Gasteiger charge is -2.26. The number of amides is 1. The molecule has 10 nitrogen and oxygen atoms in total. The van der Waals surface area contributed by atoms with Crippen molar-refractivity contribution < 1.29 is 30.0 Å². The van der Waals surface area contributed by atoms with Gasteiger partial charge in [0.1, 0.15) is 24.4 Å². The normalized spacial score (nSPS) is 17.4. The molecule has 0 heterocycles. The number of rotatable bonds is 8. The summed E-state index contributed by atoms with van der Waals surface area (Å²) in [4.78, 5) is 32.2. The van der Waals surface area contributed by atoms with Gasteiger partial charge in [-0.3, -0.25) is 9.59 Å². The van der Waals surface area contributed by atoms with Gasteiger partial charge in [0.25, 0.3) is 0 Å². The number of aliphatic hydroxyl groups is 4. The van der Waals surface area contributed by atoms with Crippen LogP contribution in [0.4, 0.5) is 0 Å². The Morgan fingerprint density at radius 1 is 1.22 bits per heavy atom. The highest BCUT2D eigenvalue weighted by Gasteiger charge is 2.37. The molecule has 4 atom stereocenters. The summed E-state index contributed by atoms with van der Waals surface area (Å²) in [5.74, 6) is -2.64. The first-order chi connectivity index (χ1) is 8.40. The molecule has 18 heavy (non-hydrogen) atoms. The van der Waals surface area contributed by atoms with Crippen LogP contribution in [0.2, 0.25) is 0 Å². The number of carbonyl (C=O) groups is 2. The van der Waals surface area contributed by atoms with Crippen molar-refractivity contribution >= 4 is 11.7 Å². The molecule has 0 bridgehead atoms. The van der Waals surface area contributed by atoms with Crippen LogP contribution in [0.15, 0.2) is 5.29 Å². The third-order valence-electron chi connectivity index (χ3n) is 2.24. The van der Waals surface area contributed by atoms with Gasteiger partial charge in [-0.25, -0.2) is 5.43 Å². The zero-order valence-electron chi connectivity index (χ0n) is 9.48. The molecular weight excluding hydrogens is 250 g/mol. The van der Waals surface area contributed by atoms with Crippen LogP contribution in [-0.4, -0.2) is 70.1 Å². The highest BCUT2D eigenvalue weighted by atomic mass is 16.4. The number of aliphatic hydroxyl groups excluding tert-OH is 4. The van der Waals surface area contributed by atoms with Crippen molar-refractivity contribution in [3.8, 4) is 0 Å². The second kappa shape index (κ2) is 7.79. The van der Waals surface area contributed by atoms with Crippen LogP contribution in [0, 0.1) is 4.91 Å². The number of likely N-dealkylation sites (N-methyl/N-ethyl adjacent to an activating group) is 1. The van der Waals surface area contributed by atoms with Crippen LogP contribution in [-0.2, 0) is 9.59 Å². The summed E-state index contributed by atoms with van der Waals surface area (Å²) in [6, 6.07) is -1.57. The fourth-order valence-electron chi connectivity index (χ4n) is 1.23. The molecule has 0 aliphatic carbocycles. The molecule has 0 aliphatic rings. The molecule has 0 aromatic carbocycles. The Balaban J connectivity index is 4.80. The molecule has 10 heteroatoms. The maximum absolute atomic E-state index is 11.4. The second-order valence-electron chi connectivity index (χ2n) is 3.39. The van der Waals surface area contributed by atoms with E-state index < -0.39 is 42.7 Å². The van der Waals surface area contributed by atoms with Crippen LogP contribution in [0.25, 0.3) is 0 Å².